The average Bonchev–Trinajstić information content (AvgIpc) is 2.73. The van der Waals surface area contributed by atoms with Gasteiger partial charge in [-0.2, -0.15) is 0 Å². The van der Waals surface area contributed by atoms with Gasteiger partial charge in [-0.05, 0) is 50.1 Å². The first-order valence-electron chi connectivity index (χ1n) is 10.3. The van der Waals surface area contributed by atoms with Crippen LogP contribution in [-0.4, -0.2) is 40.6 Å². The third kappa shape index (κ3) is 4.93. The number of piperidine rings is 1. The Bertz CT molecular complexity index is 1070. The van der Waals surface area contributed by atoms with Crippen molar-refractivity contribution in [2.75, 3.05) is 5.73 Å². The Balaban J connectivity index is 1.86. The molecule has 0 aromatic heterocycles. The molecular weight excluding hydrogens is 415 g/mol. The van der Waals surface area contributed by atoms with Gasteiger partial charge in [0.1, 0.15) is 11.9 Å². The van der Waals surface area contributed by atoms with Crippen LogP contribution in [0.4, 0.5) is 10.1 Å². The number of amides is 4. The van der Waals surface area contributed by atoms with E-state index in [1.165, 1.54) is 23.1 Å². The average molecular weight is 440 g/mol. The predicted octanol–water partition coefficient (Wildman–Crippen LogP) is 1.99. The second-order valence-corrected chi connectivity index (χ2v) is 7.85. The van der Waals surface area contributed by atoms with Gasteiger partial charge in [0.05, 0.1) is 5.56 Å². The Morgan fingerprint density at radius 1 is 1.22 bits per heavy atom. The molecule has 1 aliphatic heterocycles. The molecule has 1 fully saturated rings. The van der Waals surface area contributed by atoms with E-state index in [9.17, 15) is 23.6 Å². The lowest BCUT2D eigenvalue weighted by Gasteiger charge is -2.36. The van der Waals surface area contributed by atoms with E-state index in [1.807, 2.05) is 0 Å². The van der Waals surface area contributed by atoms with Crippen molar-refractivity contribution < 1.29 is 23.6 Å². The van der Waals surface area contributed by atoms with Gasteiger partial charge in [0, 0.05) is 30.3 Å². The number of imide groups is 1. The molecule has 32 heavy (non-hydrogen) atoms. The molecule has 2 aromatic rings. The van der Waals surface area contributed by atoms with Crippen LogP contribution in [0.25, 0.3) is 0 Å². The number of nitrogens with zero attached hydrogens (tertiary/aromatic N) is 1. The molecule has 4 amide bonds. The van der Waals surface area contributed by atoms with Crippen LogP contribution in [0.5, 0.6) is 0 Å². The summed E-state index contributed by atoms with van der Waals surface area (Å²) in [7, 11) is 0. The molecule has 0 bridgehead atoms. The zero-order valence-corrected chi connectivity index (χ0v) is 17.9. The molecule has 1 unspecified atom stereocenters. The van der Waals surface area contributed by atoms with Crippen LogP contribution in [0, 0.1) is 5.82 Å². The molecule has 168 valence electrons. The molecule has 1 saturated heterocycles. The number of hydrogen-bond donors (Lipinski definition) is 3. The molecule has 0 radical (unpaired) electrons. The van der Waals surface area contributed by atoms with Crippen molar-refractivity contribution in [1.29, 1.82) is 0 Å². The normalized spacial score (nSPS) is 15.9. The van der Waals surface area contributed by atoms with Crippen LogP contribution in [0.3, 0.4) is 0 Å². The summed E-state index contributed by atoms with van der Waals surface area (Å²) >= 11 is 0. The summed E-state index contributed by atoms with van der Waals surface area (Å²) in [6.45, 7) is 3.51. The fraction of sp³-hybridized carbons (Fsp3) is 0.304. The highest BCUT2D eigenvalue weighted by Crippen LogP contribution is 2.24. The third-order valence-electron chi connectivity index (χ3n) is 5.26. The number of nitrogens with two attached hydrogens (primary N) is 1. The van der Waals surface area contributed by atoms with Crippen LogP contribution >= 0.6 is 0 Å². The molecule has 0 saturated carbocycles. The molecule has 8 nitrogen and oxygen atoms in total. The maximum Gasteiger partial charge on any atom is 0.257 e. The SMILES string of the molecule is CC(C)N(C(=O)c1c(N)cccc1CNC(=O)c1cccc(F)c1)C1CCC(=O)NC1=O. The standard InChI is InChI=1S/C23H25FN4O4/c1-13(2)28(18-9-10-19(29)27-22(18)31)23(32)20-15(6-4-8-17(20)25)12-26-21(30)14-5-3-7-16(24)11-14/h3-8,11,13,18H,9-10,12,25H2,1-2H3,(H,26,30)(H,27,29,31). The fourth-order valence-corrected chi connectivity index (χ4v) is 3.75. The van der Waals surface area contributed by atoms with Gasteiger partial charge in [-0.1, -0.05) is 18.2 Å². The van der Waals surface area contributed by atoms with Crippen molar-refractivity contribution >= 4 is 29.3 Å². The van der Waals surface area contributed by atoms with Crippen LogP contribution in [0.2, 0.25) is 0 Å². The number of nitrogen functional groups attached to an aromatic ring is 1. The van der Waals surface area contributed by atoms with Gasteiger partial charge in [0.2, 0.25) is 11.8 Å². The number of hydrogen-bond acceptors (Lipinski definition) is 5. The number of carbonyl (C=O) groups excluding carboxylic acids is 4. The molecule has 4 N–H and O–H groups in total. The van der Waals surface area contributed by atoms with E-state index in [1.54, 1.807) is 32.0 Å². The zero-order chi connectivity index (χ0) is 23.4. The van der Waals surface area contributed by atoms with E-state index in [4.69, 9.17) is 5.73 Å². The van der Waals surface area contributed by atoms with E-state index in [0.717, 1.165) is 6.07 Å². The van der Waals surface area contributed by atoms with Gasteiger partial charge >= 0.3 is 0 Å². The highest BCUT2D eigenvalue weighted by Gasteiger charge is 2.37. The van der Waals surface area contributed by atoms with Crippen LogP contribution in [0.1, 0.15) is 53.0 Å². The van der Waals surface area contributed by atoms with Crippen LogP contribution in [0.15, 0.2) is 42.5 Å². The third-order valence-corrected chi connectivity index (χ3v) is 5.26. The Kier molecular flexibility index (Phi) is 6.87. The van der Waals surface area contributed by atoms with Gasteiger partial charge in [-0.25, -0.2) is 4.39 Å². The molecule has 3 rings (SSSR count). The van der Waals surface area contributed by atoms with Crippen molar-refractivity contribution in [3.8, 4) is 0 Å². The van der Waals surface area contributed by atoms with Gasteiger partial charge < -0.3 is 16.0 Å². The van der Waals surface area contributed by atoms with E-state index < -0.39 is 29.6 Å². The number of carbonyl (C=O) groups is 4. The van der Waals surface area contributed by atoms with E-state index in [-0.39, 0.29) is 48.1 Å². The minimum atomic E-state index is -0.811. The number of benzene rings is 2. The van der Waals surface area contributed by atoms with Crippen molar-refractivity contribution in [3.63, 3.8) is 0 Å². The molecule has 1 aliphatic rings. The van der Waals surface area contributed by atoms with Gasteiger partial charge in [-0.15, -0.1) is 0 Å². The first-order valence-corrected chi connectivity index (χ1v) is 10.3. The summed E-state index contributed by atoms with van der Waals surface area (Å²) in [6, 6.07) is 8.97. The number of halogens is 1. The fourth-order valence-electron chi connectivity index (χ4n) is 3.75. The number of rotatable bonds is 6. The lowest BCUT2D eigenvalue weighted by Crippen LogP contribution is -2.56. The first-order chi connectivity index (χ1) is 15.2. The highest BCUT2D eigenvalue weighted by atomic mass is 19.1. The van der Waals surface area contributed by atoms with E-state index in [0.29, 0.717) is 5.56 Å². The van der Waals surface area contributed by atoms with Gasteiger partial charge in [-0.3, -0.25) is 24.5 Å². The minimum Gasteiger partial charge on any atom is -0.398 e. The lowest BCUT2D eigenvalue weighted by atomic mass is 9.98. The van der Waals surface area contributed by atoms with Gasteiger partial charge in [0.25, 0.3) is 11.8 Å². The Labute approximate surface area is 185 Å². The molecule has 0 aliphatic carbocycles. The highest BCUT2D eigenvalue weighted by molar-refractivity contribution is 6.06. The second kappa shape index (κ2) is 9.59. The Morgan fingerprint density at radius 3 is 2.59 bits per heavy atom. The molecule has 2 aromatic carbocycles. The first kappa shape index (κ1) is 22.9. The molecule has 1 heterocycles. The Morgan fingerprint density at radius 2 is 1.94 bits per heavy atom. The summed E-state index contributed by atoms with van der Waals surface area (Å²) < 4.78 is 13.4. The number of nitrogens with one attached hydrogen (secondary N) is 2. The number of anilines is 1. The largest absolute Gasteiger partial charge is 0.398 e. The predicted molar refractivity (Wildman–Crippen MR) is 116 cm³/mol. The maximum absolute atomic E-state index is 13.5. The van der Waals surface area contributed by atoms with E-state index >= 15 is 0 Å². The monoisotopic (exact) mass is 440 g/mol. The molecule has 0 spiro atoms. The summed E-state index contributed by atoms with van der Waals surface area (Å²) in [4.78, 5) is 51.3. The summed E-state index contributed by atoms with van der Waals surface area (Å²) in [5.74, 6) is -2.41. The Hall–Kier alpha value is -3.75. The quantitative estimate of drug-likeness (QED) is 0.469. The summed E-state index contributed by atoms with van der Waals surface area (Å²) in [6.07, 6.45) is 0.348. The summed E-state index contributed by atoms with van der Waals surface area (Å²) in [5, 5.41) is 4.94. The van der Waals surface area contributed by atoms with Crippen molar-refractivity contribution in [1.82, 2.24) is 15.5 Å². The molecular formula is C23H25FN4O4. The summed E-state index contributed by atoms with van der Waals surface area (Å²) in [5.41, 5.74) is 7.09. The van der Waals surface area contributed by atoms with Crippen molar-refractivity contribution in [3.05, 3.63) is 65.0 Å². The lowest BCUT2D eigenvalue weighted by molar-refractivity contribution is -0.137. The molecule has 1 atom stereocenters. The zero-order valence-electron chi connectivity index (χ0n) is 17.9. The minimum absolute atomic E-state index is 0.0251. The van der Waals surface area contributed by atoms with Gasteiger partial charge in [0.15, 0.2) is 0 Å². The van der Waals surface area contributed by atoms with E-state index in [2.05, 4.69) is 10.6 Å². The topological polar surface area (TPSA) is 122 Å². The smallest absolute Gasteiger partial charge is 0.257 e. The van der Waals surface area contributed by atoms with Crippen molar-refractivity contribution in [2.24, 2.45) is 0 Å². The maximum atomic E-state index is 13.5. The molecule has 9 heteroatoms. The second-order valence-electron chi connectivity index (χ2n) is 7.85. The van der Waals surface area contributed by atoms with Crippen LogP contribution in [-0.2, 0) is 16.1 Å². The van der Waals surface area contributed by atoms with Crippen LogP contribution < -0.4 is 16.4 Å². The van der Waals surface area contributed by atoms with Crippen molar-refractivity contribution in [2.45, 2.75) is 45.3 Å².